The smallest absolute Gasteiger partial charge is 0.269 e. The highest BCUT2D eigenvalue weighted by Gasteiger charge is 2.25. The zero-order chi connectivity index (χ0) is 17.1. The van der Waals surface area contributed by atoms with E-state index in [0.29, 0.717) is 11.3 Å². The zero-order valence-electron chi connectivity index (χ0n) is 13.3. The molecule has 0 aliphatic heterocycles. The van der Waals surface area contributed by atoms with Crippen molar-refractivity contribution in [1.82, 2.24) is 15.6 Å². The Kier molecular flexibility index (Phi) is 4.81. The van der Waals surface area contributed by atoms with Crippen molar-refractivity contribution in [3.63, 3.8) is 0 Å². The van der Waals surface area contributed by atoms with Crippen LogP contribution in [0, 0.1) is 0 Å². The SMILES string of the molecule is CNC(=O)c1cc(C(=O)NC2CC2)cc(C(Cl)c2ccccc2)n1. The molecule has 1 fully saturated rings. The standard InChI is InChI=1S/C18H18ClN3O2/c1-20-18(24)15-10-12(17(23)21-13-7-8-13)9-14(22-15)16(19)11-5-3-2-4-6-11/h2-6,9-10,13,16H,7-8H2,1H3,(H,20,24)(H,21,23). The van der Waals surface area contributed by atoms with Crippen molar-refractivity contribution in [2.75, 3.05) is 7.05 Å². The van der Waals surface area contributed by atoms with Crippen LogP contribution in [0.3, 0.4) is 0 Å². The molecule has 0 spiro atoms. The molecule has 3 rings (SSSR count). The summed E-state index contributed by atoms with van der Waals surface area (Å²) in [4.78, 5) is 28.7. The number of halogens is 1. The number of pyridine rings is 1. The van der Waals surface area contributed by atoms with Crippen LogP contribution in [0.5, 0.6) is 0 Å². The maximum Gasteiger partial charge on any atom is 0.269 e. The third-order valence-electron chi connectivity index (χ3n) is 3.83. The minimum Gasteiger partial charge on any atom is -0.354 e. The van der Waals surface area contributed by atoms with Crippen LogP contribution in [0.2, 0.25) is 0 Å². The van der Waals surface area contributed by atoms with Crippen LogP contribution in [0.15, 0.2) is 42.5 Å². The van der Waals surface area contributed by atoms with Gasteiger partial charge in [-0.1, -0.05) is 30.3 Å². The molecule has 24 heavy (non-hydrogen) atoms. The van der Waals surface area contributed by atoms with Crippen LogP contribution in [0.25, 0.3) is 0 Å². The molecule has 124 valence electrons. The molecular formula is C18H18ClN3O2. The van der Waals surface area contributed by atoms with Crippen molar-refractivity contribution in [2.45, 2.75) is 24.3 Å². The van der Waals surface area contributed by atoms with Crippen molar-refractivity contribution in [2.24, 2.45) is 0 Å². The first-order chi connectivity index (χ1) is 11.6. The first-order valence-corrected chi connectivity index (χ1v) is 8.26. The van der Waals surface area contributed by atoms with E-state index in [2.05, 4.69) is 15.6 Å². The molecule has 5 nitrogen and oxygen atoms in total. The molecule has 1 heterocycles. The summed E-state index contributed by atoms with van der Waals surface area (Å²) in [5.74, 6) is -0.558. The van der Waals surface area contributed by atoms with E-state index in [9.17, 15) is 9.59 Å². The third kappa shape index (κ3) is 3.74. The van der Waals surface area contributed by atoms with E-state index in [1.165, 1.54) is 13.1 Å². The molecular weight excluding hydrogens is 326 g/mol. The highest BCUT2D eigenvalue weighted by Crippen LogP contribution is 2.28. The Morgan fingerprint density at radius 2 is 1.88 bits per heavy atom. The second-order valence-corrected chi connectivity index (χ2v) is 6.20. The Morgan fingerprint density at radius 1 is 1.17 bits per heavy atom. The third-order valence-corrected chi connectivity index (χ3v) is 4.31. The topological polar surface area (TPSA) is 71.1 Å². The molecule has 0 saturated heterocycles. The van der Waals surface area contributed by atoms with Crippen LogP contribution in [0.4, 0.5) is 0 Å². The van der Waals surface area contributed by atoms with E-state index in [0.717, 1.165) is 18.4 Å². The molecule has 2 aromatic rings. The Balaban J connectivity index is 1.97. The maximum atomic E-state index is 12.4. The van der Waals surface area contributed by atoms with Crippen LogP contribution in [-0.2, 0) is 0 Å². The molecule has 1 aromatic heterocycles. The van der Waals surface area contributed by atoms with Gasteiger partial charge in [0.05, 0.1) is 5.69 Å². The first-order valence-electron chi connectivity index (χ1n) is 7.82. The van der Waals surface area contributed by atoms with Crippen molar-refractivity contribution in [3.05, 3.63) is 65.0 Å². The van der Waals surface area contributed by atoms with Crippen LogP contribution < -0.4 is 10.6 Å². The second kappa shape index (κ2) is 7.01. The summed E-state index contributed by atoms with van der Waals surface area (Å²) in [6.07, 6.45) is 1.99. The fourth-order valence-electron chi connectivity index (χ4n) is 2.35. The van der Waals surface area contributed by atoms with Gasteiger partial charge in [0.25, 0.3) is 11.8 Å². The minimum absolute atomic E-state index is 0.178. The lowest BCUT2D eigenvalue weighted by Crippen LogP contribution is -2.27. The van der Waals surface area contributed by atoms with E-state index in [-0.39, 0.29) is 23.6 Å². The number of carbonyl (C=O) groups excluding carboxylic acids is 2. The molecule has 6 heteroatoms. The predicted molar refractivity (Wildman–Crippen MR) is 92.3 cm³/mol. The highest BCUT2D eigenvalue weighted by atomic mass is 35.5. The van der Waals surface area contributed by atoms with Gasteiger partial charge in [0.15, 0.2) is 0 Å². The molecule has 1 atom stereocenters. The molecule has 1 saturated carbocycles. The lowest BCUT2D eigenvalue weighted by molar-refractivity contribution is 0.0951. The average Bonchev–Trinajstić information content (AvgIpc) is 3.44. The Morgan fingerprint density at radius 3 is 2.50 bits per heavy atom. The molecule has 1 unspecified atom stereocenters. The highest BCUT2D eigenvalue weighted by molar-refractivity contribution is 6.22. The summed E-state index contributed by atoms with van der Waals surface area (Å²) in [6.45, 7) is 0. The van der Waals surface area contributed by atoms with Gasteiger partial charge in [-0.25, -0.2) is 4.98 Å². The lowest BCUT2D eigenvalue weighted by Gasteiger charge is -2.13. The average molecular weight is 344 g/mol. The number of hydrogen-bond donors (Lipinski definition) is 2. The van der Waals surface area contributed by atoms with Gasteiger partial charge < -0.3 is 10.6 Å². The van der Waals surface area contributed by atoms with Crippen LogP contribution in [0.1, 0.15) is 50.3 Å². The minimum atomic E-state index is -0.539. The number of benzene rings is 1. The molecule has 2 N–H and O–H groups in total. The number of rotatable bonds is 5. The summed E-state index contributed by atoms with van der Waals surface area (Å²) >= 11 is 6.52. The number of carbonyl (C=O) groups is 2. The fraction of sp³-hybridized carbons (Fsp3) is 0.278. The van der Waals surface area contributed by atoms with Crippen molar-refractivity contribution < 1.29 is 9.59 Å². The van der Waals surface area contributed by atoms with Crippen LogP contribution >= 0.6 is 11.6 Å². The summed E-state index contributed by atoms with van der Waals surface area (Å²) < 4.78 is 0. The molecule has 1 aromatic carbocycles. The number of nitrogens with one attached hydrogen (secondary N) is 2. The normalized spacial score (nSPS) is 14.8. The van der Waals surface area contributed by atoms with Crippen molar-refractivity contribution >= 4 is 23.4 Å². The monoisotopic (exact) mass is 343 g/mol. The molecule has 0 bridgehead atoms. The Hall–Kier alpha value is -2.40. The fourth-order valence-corrected chi connectivity index (χ4v) is 2.60. The number of aromatic nitrogens is 1. The number of nitrogens with zero attached hydrogens (tertiary/aromatic N) is 1. The predicted octanol–water partition coefficient (Wildman–Crippen LogP) is 2.66. The van der Waals surface area contributed by atoms with Gasteiger partial charge in [0.2, 0.25) is 0 Å². The van der Waals surface area contributed by atoms with Gasteiger partial charge in [0, 0.05) is 18.7 Å². The van der Waals surface area contributed by atoms with E-state index >= 15 is 0 Å². The van der Waals surface area contributed by atoms with Gasteiger partial charge in [-0.3, -0.25) is 9.59 Å². The molecule has 1 aliphatic rings. The Bertz CT molecular complexity index is 760. The quantitative estimate of drug-likeness (QED) is 0.820. The number of amides is 2. The van der Waals surface area contributed by atoms with Gasteiger partial charge in [-0.05, 0) is 30.5 Å². The van der Waals surface area contributed by atoms with Gasteiger partial charge in [0.1, 0.15) is 11.1 Å². The van der Waals surface area contributed by atoms with E-state index in [1.54, 1.807) is 6.07 Å². The number of alkyl halides is 1. The largest absolute Gasteiger partial charge is 0.354 e. The summed E-state index contributed by atoms with van der Waals surface area (Å²) in [7, 11) is 1.52. The van der Waals surface area contributed by atoms with Crippen molar-refractivity contribution in [3.8, 4) is 0 Å². The molecule has 1 aliphatic carbocycles. The summed E-state index contributed by atoms with van der Waals surface area (Å²) in [6, 6.07) is 12.8. The van der Waals surface area contributed by atoms with Gasteiger partial charge in [-0.2, -0.15) is 0 Å². The molecule has 0 radical (unpaired) electrons. The van der Waals surface area contributed by atoms with E-state index in [1.807, 2.05) is 30.3 Å². The molecule has 2 amide bonds. The Labute approximate surface area is 145 Å². The zero-order valence-corrected chi connectivity index (χ0v) is 14.0. The summed E-state index contributed by atoms with van der Waals surface area (Å²) in [5.41, 5.74) is 1.91. The lowest BCUT2D eigenvalue weighted by atomic mass is 10.1. The van der Waals surface area contributed by atoms with Gasteiger partial charge in [-0.15, -0.1) is 11.6 Å². The first kappa shape index (κ1) is 16.5. The summed E-state index contributed by atoms with van der Waals surface area (Å²) in [5, 5.41) is 4.91. The second-order valence-electron chi connectivity index (χ2n) is 5.77. The van der Waals surface area contributed by atoms with Crippen LogP contribution in [-0.4, -0.2) is 29.9 Å². The number of hydrogen-bond acceptors (Lipinski definition) is 3. The van der Waals surface area contributed by atoms with E-state index < -0.39 is 5.38 Å². The van der Waals surface area contributed by atoms with Crippen molar-refractivity contribution in [1.29, 1.82) is 0 Å². The maximum absolute atomic E-state index is 12.4. The van der Waals surface area contributed by atoms with E-state index in [4.69, 9.17) is 11.6 Å². The van der Waals surface area contributed by atoms with Gasteiger partial charge >= 0.3 is 0 Å².